The summed E-state index contributed by atoms with van der Waals surface area (Å²) < 4.78 is 0. The molecule has 1 aromatic heterocycles. The van der Waals surface area contributed by atoms with Crippen molar-refractivity contribution in [2.45, 2.75) is 12.8 Å². The molecular weight excluding hydrogens is 269 g/mol. The van der Waals surface area contributed by atoms with E-state index in [1.165, 1.54) is 31.6 Å². The van der Waals surface area contributed by atoms with Crippen LogP contribution in [0.2, 0.25) is 0 Å². The highest BCUT2D eigenvalue weighted by Crippen LogP contribution is 2.15. The second kappa shape index (κ2) is 9.56. The molecule has 0 aliphatic carbocycles. The van der Waals surface area contributed by atoms with Gasteiger partial charge < -0.3 is 10.2 Å². The van der Waals surface area contributed by atoms with Crippen LogP contribution >= 0.6 is 24.8 Å². The van der Waals surface area contributed by atoms with Crippen molar-refractivity contribution in [2.24, 2.45) is 5.92 Å². The van der Waals surface area contributed by atoms with Crippen molar-refractivity contribution in [3.63, 3.8) is 0 Å². The number of pyridine rings is 1. The molecule has 0 amide bonds. The monoisotopic (exact) mass is 291 g/mol. The highest BCUT2D eigenvalue weighted by molar-refractivity contribution is 5.85. The Morgan fingerprint density at radius 1 is 1.44 bits per heavy atom. The number of rotatable bonds is 5. The maximum atomic E-state index is 4.15. The van der Waals surface area contributed by atoms with Gasteiger partial charge in [-0.05, 0) is 50.5 Å². The van der Waals surface area contributed by atoms with E-state index in [1.807, 2.05) is 25.5 Å². The van der Waals surface area contributed by atoms with E-state index in [1.54, 1.807) is 0 Å². The number of nitrogens with zero attached hydrogens (tertiary/aromatic N) is 2. The Balaban J connectivity index is 0.00000144. The summed E-state index contributed by atoms with van der Waals surface area (Å²) in [6.45, 7) is 4.84. The summed E-state index contributed by atoms with van der Waals surface area (Å²) in [5.74, 6) is 0.846. The first-order chi connectivity index (χ1) is 7.88. The molecule has 104 valence electrons. The normalized spacial score (nSPS) is 19.1. The molecule has 0 spiro atoms. The number of nitrogens with one attached hydrogen (secondary N) is 1. The maximum absolute atomic E-state index is 4.15. The molecule has 5 heteroatoms. The lowest BCUT2D eigenvalue weighted by atomic mass is 10.1. The lowest BCUT2D eigenvalue weighted by Crippen LogP contribution is -2.26. The van der Waals surface area contributed by atoms with Crippen LogP contribution in [0.1, 0.15) is 12.0 Å². The number of hydrogen-bond donors (Lipinski definition) is 1. The Hall–Kier alpha value is -0.350. The molecule has 18 heavy (non-hydrogen) atoms. The molecule has 0 radical (unpaired) electrons. The third kappa shape index (κ3) is 5.53. The van der Waals surface area contributed by atoms with Crippen molar-refractivity contribution in [3.8, 4) is 0 Å². The average Bonchev–Trinajstić information content (AvgIpc) is 2.76. The van der Waals surface area contributed by atoms with E-state index >= 15 is 0 Å². The zero-order valence-electron chi connectivity index (χ0n) is 10.8. The third-order valence-electron chi connectivity index (χ3n) is 3.30. The van der Waals surface area contributed by atoms with Crippen molar-refractivity contribution in [1.82, 2.24) is 15.2 Å². The first kappa shape index (κ1) is 17.6. The molecule has 1 N–H and O–H groups in total. The van der Waals surface area contributed by atoms with Gasteiger partial charge in [0, 0.05) is 25.5 Å². The minimum absolute atomic E-state index is 0. The molecular formula is C13H23Cl2N3. The molecule has 0 bridgehead atoms. The van der Waals surface area contributed by atoms with Crippen molar-refractivity contribution in [1.29, 1.82) is 0 Å². The van der Waals surface area contributed by atoms with E-state index in [0.29, 0.717) is 0 Å². The molecule has 1 aliphatic rings. The van der Waals surface area contributed by atoms with E-state index in [2.05, 4.69) is 21.3 Å². The predicted molar refractivity (Wildman–Crippen MR) is 80.9 cm³/mol. The van der Waals surface area contributed by atoms with Gasteiger partial charge in [0.15, 0.2) is 0 Å². The SMILES string of the molecule is CNCC1CCN(CCc2cccnc2)C1.Cl.Cl. The number of aromatic nitrogens is 1. The quantitative estimate of drug-likeness (QED) is 0.900. The molecule has 1 aliphatic heterocycles. The van der Waals surface area contributed by atoms with Crippen LogP contribution < -0.4 is 5.32 Å². The van der Waals surface area contributed by atoms with E-state index < -0.39 is 0 Å². The smallest absolute Gasteiger partial charge is 0.0300 e. The Morgan fingerprint density at radius 3 is 2.94 bits per heavy atom. The third-order valence-corrected chi connectivity index (χ3v) is 3.30. The second-order valence-corrected chi connectivity index (χ2v) is 4.62. The zero-order chi connectivity index (χ0) is 11.2. The summed E-state index contributed by atoms with van der Waals surface area (Å²) in [6, 6.07) is 4.18. The fraction of sp³-hybridized carbons (Fsp3) is 0.615. The molecule has 1 saturated heterocycles. The Bertz CT molecular complexity index is 308. The molecule has 1 atom stereocenters. The topological polar surface area (TPSA) is 28.2 Å². The van der Waals surface area contributed by atoms with E-state index in [9.17, 15) is 0 Å². The Kier molecular flexibility index (Phi) is 9.38. The first-order valence-corrected chi connectivity index (χ1v) is 6.14. The fourth-order valence-electron chi connectivity index (χ4n) is 2.40. The summed E-state index contributed by atoms with van der Waals surface area (Å²) in [4.78, 5) is 6.71. The number of hydrogen-bond acceptors (Lipinski definition) is 3. The average molecular weight is 292 g/mol. The van der Waals surface area contributed by atoms with Gasteiger partial charge in [0.1, 0.15) is 0 Å². The van der Waals surface area contributed by atoms with Gasteiger partial charge in [-0.1, -0.05) is 6.07 Å². The van der Waals surface area contributed by atoms with Gasteiger partial charge >= 0.3 is 0 Å². The number of likely N-dealkylation sites (tertiary alicyclic amines) is 1. The number of halogens is 2. The molecule has 2 rings (SSSR count). The molecule has 1 aromatic rings. The first-order valence-electron chi connectivity index (χ1n) is 6.14. The van der Waals surface area contributed by atoms with E-state index in [4.69, 9.17) is 0 Å². The van der Waals surface area contributed by atoms with Gasteiger partial charge in [-0.2, -0.15) is 0 Å². The second-order valence-electron chi connectivity index (χ2n) is 4.62. The highest BCUT2D eigenvalue weighted by atomic mass is 35.5. The van der Waals surface area contributed by atoms with Gasteiger partial charge in [-0.15, -0.1) is 24.8 Å². The largest absolute Gasteiger partial charge is 0.319 e. The summed E-state index contributed by atoms with van der Waals surface area (Å²) in [5.41, 5.74) is 1.35. The molecule has 1 fully saturated rings. The van der Waals surface area contributed by atoms with E-state index in [0.717, 1.165) is 18.9 Å². The highest BCUT2D eigenvalue weighted by Gasteiger charge is 2.20. The van der Waals surface area contributed by atoms with Crippen LogP contribution in [0, 0.1) is 5.92 Å². The van der Waals surface area contributed by atoms with Gasteiger partial charge in [0.05, 0.1) is 0 Å². The van der Waals surface area contributed by atoms with Gasteiger partial charge in [0.2, 0.25) is 0 Å². The molecule has 2 heterocycles. The lowest BCUT2D eigenvalue weighted by molar-refractivity contribution is 0.327. The summed E-state index contributed by atoms with van der Waals surface area (Å²) >= 11 is 0. The summed E-state index contributed by atoms with van der Waals surface area (Å²) in [7, 11) is 2.04. The summed E-state index contributed by atoms with van der Waals surface area (Å²) in [6.07, 6.45) is 6.28. The Labute approximate surface area is 122 Å². The van der Waals surface area contributed by atoms with Crippen LogP contribution in [0.25, 0.3) is 0 Å². The minimum Gasteiger partial charge on any atom is -0.319 e. The van der Waals surface area contributed by atoms with Gasteiger partial charge in [-0.3, -0.25) is 4.98 Å². The standard InChI is InChI=1S/C13H21N3.2ClH/c1-14-9-13-5-8-16(11-13)7-4-12-3-2-6-15-10-12;;/h2-3,6,10,13-14H,4-5,7-9,11H2,1H3;2*1H. The van der Waals surface area contributed by atoms with Crippen molar-refractivity contribution in [2.75, 3.05) is 33.2 Å². The molecule has 1 unspecified atom stereocenters. The lowest BCUT2D eigenvalue weighted by Gasteiger charge is -2.15. The molecule has 0 saturated carbocycles. The minimum atomic E-state index is 0. The van der Waals surface area contributed by atoms with Gasteiger partial charge in [0.25, 0.3) is 0 Å². The maximum Gasteiger partial charge on any atom is 0.0300 e. The van der Waals surface area contributed by atoms with Crippen molar-refractivity contribution >= 4 is 24.8 Å². The molecule has 0 aromatic carbocycles. The zero-order valence-corrected chi connectivity index (χ0v) is 12.5. The van der Waals surface area contributed by atoms with Crippen LogP contribution in [0.5, 0.6) is 0 Å². The van der Waals surface area contributed by atoms with Crippen LogP contribution in [0.15, 0.2) is 24.5 Å². The predicted octanol–water partition coefficient (Wildman–Crippen LogP) is 2.01. The van der Waals surface area contributed by atoms with Crippen molar-refractivity contribution in [3.05, 3.63) is 30.1 Å². The van der Waals surface area contributed by atoms with E-state index in [-0.39, 0.29) is 24.8 Å². The summed E-state index contributed by atoms with van der Waals surface area (Å²) in [5, 5.41) is 3.27. The van der Waals surface area contributed by atoms with Crippen molar-refractivity contribution < 1.29 is 0 Å². The molecule has 3 nitrogen and oxygen atoms in total. The fourth-order valence-corrected chi connectivity index (χ4v) is 2.40. The van der Waals surface area contributed by atoms with Crippen LogP contribution in [-0.2, 0) is 6.42 Å². The van der Waals surface area contributed by atoms with Crippen LogP contribution in [0.4, 0.5) is 0 Å². The Morgan fingerprint density at radius 2 is 2.28 bits per heavy atom. The van der Waals surface area contributed by atoms with Crippen LogP contribution in [0.3, 0.4) is 0 Å². The van der Waals surface area contributed by atoms with Gasteiger partial charge in [-0.25, -0.2) is 0 Å². The van der Waals surface area contributed by atoms with Crippen LogP contribution in [-0.4, -0.2) is 43.1 Å².